The van der Waals surface area contributed by atoms with Gasteiger partial charge < -0.3 is 5.32 Å². The number of benzene rings is 2. The van der Waals surface area contributed by atoms with Crippen molar-refractivity contribution in [3.8, 4) is 0 Å². The van der Waals surface area contributed by atoms with Crippen LogP contribution in [0.25, 0.3) is 10.9 Å². The number of anilines is 1. The summed E-state index contributed by atoms with van der Waals surface area (Å²) in [5, 5.41) is 4.38. The van der Waals surface area contributed by atoms with Crippen molar-refractivity contribution < 1.29 is 4.39 Å². The van der Waals surface area contributed by atoms with E-state index in [1.165, 1.54) is 6.07 Å². The highest BCUT2D eigenvalue weighted by molar-refractivity contribution is 9.10. The van der Waals surface area contributed by atoms with Gasteiger partial charge in [-0.15, -0.1) is 0 Å². The Morgan fingerprint density at radius 3 is 2.76 bits per heavy atom. The number of rotatable bonds is 3. The molecule has 0 saturated heterocycles. The molecule has 0 aliphatic heterocycles. The van der Waals surface area contributed by atoms with Crippen LogP contribution in [0.15, 0.2) is 59.2 Å². The zero-order chi connectivity index (χ0) is 14.8. The van der Waals surface area contributed by atoms with Crippen molar-refractivity contribution >= 4 is 32.5 Å². The molecule has 4 heteroatoms. The normalized spacial score (nSPS) is 12.3. The molecule has 0 fully saturated rings. The molecule has 3 aromatic rings. The third kappa shape index (κ3) is 2.90. The minimum atomic E-state index is -0.197. The van der Waals surface area contributed by atoms with Gasteiger partial charge in [0.1, 0.15) is 5.82 Å². The van der Waals surface area contributed by atoms with Gasteiger partial charge in [0, 0.05) is 27.3 Å². The fourth-order valence-electron chi connectivity index (χ4n) is 2.38. The van der Waals surface area contributed by atoms with E-state index >= 15 is 0 Å². The van der Waals surface area contributed by atoms with Gasteiger partial charge >= 0.3 is 0 Å². The summed E-state index contributed by atoms with van der Waals surface area (Å²) >= 11 is 3.47. The number of fused-ring (bicyclic) bond motifs is 1. The molecule has 0 radical (unpaired) electrons. The Hall–Kier alpha value is -1.94. The minimum Gasteiger partial charge on any atom is -0.378 e. The third-order valence-electron chi connectivity index (χ3n) is 3.45. The molecule has 0 aliphatic rings. The van der Waals surface area contributed by atoms with Crippen molar-refractivity contribution in [2.45, 2.75) is 13.0 Å². The molecular weight excluding hydrogens is 331 g/mol. The van der Waals surface area contributed by atoms with Crippen molar-refractivity contribution in [1.29, 1.82) is 0 Å². The van der Waals surface area contributed by atoms with Crippen LogP contribution < -0.4 is 5.32 Å². The molecule has 0 spiro atoms. The van der Waals surface area contributed by atoms with Gasteiger partial charge in [-0.05, 0) is 37.3 Å². The minimum absolute atomic E-state index is 0.129. The molecule has 2 nitrogen and oxygen atoms in total. The monoisotopic (exact) mass is 344 g/mol. The average Bonchev–Trinajstić information content (AvgIpc) is 2.48. The van der Waals surface area contributed by atoms with E-state index in [1.807, 2.05) is 37.3 Å². The molecule has 1 aromatic heterocycles. The van der Waals surface area contributed by atoms with Crippen molar-refractivity contribution in [1.82, 2.24) is 4.98 Å². The van der Waals surface area contributed by atoms with Crippen molar-refractivity contribution in [3.63, 3.8) is 0 Å². The number of hydrogen-bond acceptors (Lipinski definition) is 2. The third-order valence-corrected chi connectivity index (χ3v) is 3.94. The first-order valence-electron chi connectivity index (χ1n) is 6.70. The van der Waals surface area contributed by atoms with E-state index in [0.29, 0.717) is 5.56 Å². The number of aromatic nitrogens is 1. The molecule has 0 bridgehead atoms. The topological polar surface area (TPSA) is 24.9 Å². The molecule has 0 aliphatic carbocycles. The van der Waals surface area contributed by atoms with E-state index in [0.717, 1.165) is 21.1 Å². The summed E-state index contributed by atoms with van der Waals surface area (Å²) in [5.74, 6) is -0.197. The largest absolute Gasteiger partial charge is 0.378 e. The highest BCUT2D eigenvalue weighted by Crippen LogP contribution is 2.28. The van der Waals surface area contributed by atoms with Crippen LogP contribution in [-0.2, 0) is 0 Å². The van der Waals surface area contributed by atoms with Gasteiger partial charge in [-0.1, -0.05) is 34.1 Å². The quantitative estimate of drug-likeness (QED) is 0.696. The zero-order valence-corrected chi connectivity index (χ0v) is 13.1. The van der Waals surface area contributed by atoms with Crippen molar-refractivity contribution in [2.24, 2.45) is 0 Å². The van der Waals surface area contributed by atoms with E-state index < -0.39 is 0 Å². The first-order chi connectivity index (χ1) is 10.1. The molecule has 1 unspecified atom stereocenters. The molecule has 3 rings (SSSR count). The van der Waals surface area contributed by atoms with Gasteiger partial charge in [-0.25, -0.2) is 4.39 Å². The summed E-state index contributed by atoms with van der Waals surface area (Å²) in [6.45, 7) is 1.95. The SMILES string of the molecule is CC(Nc1ccnc2ccc(Br)cc12)c1ccccc1F. The second-order valence-electron chi connectivity index (χ2n) is 4.91. The average molecular weight is 345 g/mol. The predicted molar refractivity (Wildman–Crippen MR) is 87.9 cm³/mol. The van der Waals surface area contributed by atoms with Gasteiger partial charge in [0.05, 0.1) is 11.6 Å². The lowest BCUT2D eigenvalue weighted by Crippen LogP contribution is -2.09. The number of nitrogens with zero attached hydrogens (tertiary/aromatic N) is 1. The van der Waals surface area contributed by atoms with Crippen LogP contribution in [0.3, 0.4) is 0 Å². The van der Waals surface area contributed by atoms with E-state index in [9.17, 15) is 4.39 Å². The Labute approximate surface area is 131 Å². The Bertz CT molecular complexity index is 789. The summed E-state index contributed by atoms with van der Waals surface area (Å²) in [7, 11) is 0. The first-order valence-corrected chi connectivity index (χ1v) is 7.49. The van der Waals surface area contributed by atoms with Gasteiger partial charge in [-0.3, -0.25) is 4.98 Å². The summed E-state index contributed by atoms with van der Waals surface area (Å²) in [4.78, 5) is 4.35. The van der Waals surface area contributed by atoms with Crippen LogP contribution >= 0.6 is 15.9 Å². The van der Waals surface area contributed by atoms with Gasteiger partial charge in [-0.2, -0.15) is 0 Å². The zero-order valence-electron chi connectivity index (χ0n) is 11.5. The molecule has 0 saturated carbocycles. The van der Waals surface area contributed by atoms with E-state index in [2.05, 4.69) is 26.2 Å². The van der Waals surface area contributed by atoms with Crippen molar-refractivity contribution in [3.05, 3.63) is 70.6 Å². The van der Waals surface area contributed by atoms with Gasteiger partial charge in [0.2, 0.25) is 0 Å². The van der Waals surface area contributed by atoms with E-state index in [1.54, 1.807) is 18.3 Å². The van der Waals surface area contributed by atoms with Crippen LogP contribution in [0, 0.1) is 5.82 Å². The number of pyridine rings is 1. The Morgan fingerprint density at radius 1 is 1.14 bits per heavy atom. The van der Waals surface area contributed by atoms with Gasteiger partial charge in [0.15, 0.2) is 0 Å². The molecule has 21 heavy (non-hydrogen) atoms. The maximum atomic E-state index is 13.9. The maximum absolute atomic E-state index is 13.9. The Balaban J connectivity index is 1.98. The lowest BCUT2D eigenvalue weighted by atomic mass is 10.1. The molecular formula is C17H14BrFN2. The molecule has 2 aromatic carbocycles. The Kier molecular flexibility index (Phi) is 3.88. The molecule has 0 amide bonds. The Morgan fingerprint density at radius 2 is 1.95 bits per heavy atom. The highest BCUT2D eigenvalue weighted by Gasteiger charge is 2.11. The van der Waals surface area contributed by atoms with E-state index in [-0.39, 0.29) is 11.9 Å². The summed E-state index contributed by atoms with van der Waals surface area (Å²) < 4.78 is 14.9. The maximum Gasteiger partial charge on any atom is 0.128 e. The number of nitrogens with one attached hydrogen (secondary N) is 1. The molecule has 1 heterocycles. The number of halogens is 2. The second-order valence-corrected chi connectivity index (χ2v) is 5.82. The predicted octanol–water partition coefficient (Wildman–Crippen LogP) is 5.31. The first kappa shape index (κ1) is 14.0. The molecule has 1 N–H and O–H groups in total. The summed E-state index contributed by atoms with van der Waals surface area (Å²) in [6, 6.07) is 14.5. The van der Waals surface area contributed by atoms with Crippen LogP contribution in [0.1, 0.15) is 18.5 Å². The second kappa shape index (κ2) is 5.82. The molecule has 106 valence electrons. The summed E-state index contributed by atoms with van der Waals surface area (Å²) in [5.41, 5.74) is 2.50. The standard InChI is InChI=1S/C17H14BrFN2/c1-11(13-4-2-3-5-15(13)19)21-17-8-9-20-16-7-6-12(18)10-14(16)17/h2-11H,1H3,(H,20,21). The number of hydrogen-bond donors (Lipinski definition) is 1. The smallest absolute Gasteiger partial charge is 0.128 e. The fourth-order valence-corrected chi connectivity index (χ4v) is 2.74. The van der Waals surface area contributed by atoms with Crippen LogP contribution in [0.2, 0.25) is 0 Å². The van der Waals surface area contributed by atoms with Crippen molar-refractivity contribution in [2.75, 3.05) is 5.32 Å². The van der Waals surface area contributed by atoms with Crippen LogP contribution in [0.4, 0.5) is 10.1 Å². The van der Waals surface area contributed by atoms with Crippen LogP contribution in [-0.4, -0.2) is 4.98 Å². The highest BCUT2D eigenvalue weighted by atomic mass is 79.9. The van der Waals surface area contributed by atoms with Gasteiger partial charge in [0.25, 0.3) is 0 Å². The lowest BCUT2D eigenvalue weighted by molar-refractivity contribution is 0.600. The lowest BCUT2D eigenvalue weighted by Gasteiger charge is -2.17. The molecule has 1 atom stereocenters. The van der Waals surface area contributed by atoms with Crippen LogP contribution in [0.5, 0.6) is 0 Å². The van der Waals surface area contributed by atoms with E-state index in [4.69, 9.17) is 0 Å². The summed E-state index contributed by atoms with van der Waals surface area (Å²) in [6.07, 6.45) is 1.76. The fraction of sp³-hybridized carbons (Fsp3) is 0.118.